The second-order valence-corrected chi connectivity index (χ2v) is 8.29. The van der Waals surface area contributed by atoms with Crippen LogP contribution in [0.15, 0.2) is 0 Å². The van der Waals surface area contributed by atoms with Crippen LogP contribution in [0.1, 0.15) is 59.8 Å². The summed E-state index contributed by atoms with van der Waals surface area (Å²) in [5, 5.41) is 5.62. The summed E-state index contributed by atoms with van der Waals surface area (Å²) in [6.45, 7) is 9.27. The van der Waals surface area contributed by atoms with Gasteiger partial charge in [0.2, 0.25) is 11.8 Å². The van der Waals surface area contributed by atoms with Crippen molar-refractivity contribution in [2.45, 2.75) is 59.8 Å². The van der Waals surface area contributed by atoms with Gasteiger partial charge in [-0.25, -0.2) is 0 Å². The third-order valence-electron chi connectivity index (χ3n) is 3.16. The van der Waals surface area contributed by atoms with Crippen LogP contribution in [0.3, 0.4) is 0 Å². The quantitative estimate of drug-likeness (QED) is 0.382. The Morgan fingerprint density at radius 1 is 0.920 bits per heavy atom. The van der Waals surface area contributed by atoms with E-state index in [4.69, 9.17) is 4.74 Å². The van der Waals surface area contributed by atoms with Crippen molar-refractivity contribution in [3.63, 3.8) is 0 Å². The van der Waals surface area contributed by atoms with Crippen LogP contribution in [0.5, 0.6) is 0 Å². The lowest BCUT2D eigenvalue weighted by Crippen LogP contribution is -2.33. The standard InChI is InChI=1S/C18H34N2O4S/c1-5-24-17(23)8-6-7-12-25-13-11-20-15(21)9-10-19-16(22)14-18(2,3)4/h5-14H2,1-4H3,(H,19,22)(H,20,21). The summed E-state index contributed by atoms with van der Waals surface area (Å²) in [5.41, 5.74) is -0.0418. The molecule has 146 valence electrons. The molecule has 0 spiro atoms. The van der Waals surface area contributed by atoms with Crippen LogP contribution >= 0.6 is 11.8 Å². The Morgan fingerprint density at radius 2 is 1.60 bits per heavy atom. The third kappa shape index (κ3) is 17.4. The molecule has 0 atom stereocenters. The summed E-state index contributed by atoms with van der Waals surface area (Å²) in [4.78, 5) is 34.4. The first-order valence-corrected chi connectivity index (χ1v) is 10.2. The molecule has 2 N–H and O–H groups in total. The zero-order valence-corrected chi connectivity index (χ0v) is 16.9. The summed E-state index contributed by atoms with van der Waals surface area (Å²) in [6.07, 6.45) is 3.05. The number of carbonyl (C=O) groups excluding carboxylic acids is 3. The highest BCUT2D eigenvalue weighted by Gasteiger charge is 2.15. The van der Waals surface area contributed by atoms with E-state index in [0.717, 1.165) is 24.3 Å². The van der Waals surface area contributed by atoms with Crippen molar-refractivity contribution in [1.29, 1.82) is 0 Å². The zero-order valence-electron chi connectivity index (χ0n) is 16.1. The van der Waals surface area contributed by atoms with Crippen LogP contribution in [0.25, 0.3) is 0 Å². The lowest BCUT2D eigenvalue weighted by Gasteiger charge is -2.17. The molecule has 0 aliphatic rings. The molecule has 0 radical (unpaired) electrons. The average Bonchev–Trinajstić information content (AvgIpc) is 2.48. The summed E-state index contributed by atoms with van der Waals surface area (Å²) >= 11 is 1.76. The van der Waals surface area contributed by atoms with Gasteiger partial charge in [-0.3, -0.25) is 14.4 Å². The van der Waals surface area contributed by atoms with E-state index in [1.807, 2.05) is 27.7 Å². The molecule has 7 heteroatoms. The largest absolute Gasteiger partial charge is 0.466 e. The number of esters is 1. The molecule has 0 rings (SSSR count). The maximum atomic E-state index is 11.7. The molecule has 0 aromatic rings. The number of thioether (sulfide) groups is 1. The Bertz CT molecular complexity index is 408. The highest BCUT2D eigenvalue weighted by molar-refractivity contribution is 7.99. The van der Waals surface area contributed by atoms with Gasteiger partial charge in [0.15, 0.2) is 0 Å². The SMILES string of the molecule is CCOC(=O)CCCCSCCNC(=O)CCNC(=O)CC(C)(C)C. The van der Waals surface area contributed by atoms with Gasteiger partial charge in [0.05, 0.1) is 6.61 Å². The number of carbonyl (C=O) groups is 3. The molecule has 0 aromatic carbocycles. The Hall–Kier alpha value is -1.24. The highest BCUT2D eigenvalue weighted by atomic mass is 32.2. The minimum Gasteiger partial charge on any atom is -0.466 e. The number of amides is 2. The van der Waals surface area contributed by atoms with Crippen LogP contribution in [0.4, 0.5) is 0 Å². The number of rotatable bonds is 13. The second-order valence-electron chi connectivity index (χ2n) is 7.06. The van der Waals surface area contributed by atoms with E-state index in [9.17, 15) is 14.4 Å². The first-order chi connectivity index (χ1) is 11.7. The van der Waals surface area contributed by atoms with Crippen molar-refractivity contribution < 1.29 is 19.1 Å². The maximum Gasteiger partial charge on any atom is 0.305 e. The van der Waals surface area contributed by atoms with Crippen molar-refractivity contribution in [3.05, 3.63) is 0 Å². The molecule has 6 nitrogen and oxygen atoms in total. The van der Waals surface area contributed by atoms with E-state index in [-0.39, 0.29) is 23.2 Å². The molecular weight excluding hydrogens is 340 g/mol. The number of unbranched alkanes of at least 4 members (excludes halogenated alkanes) is 1. The van der Waals surface area contributed by atoms with Gasteiger partial charge in [0, 0.05) is 38.1 Å². The first kappa shape index (κ1) is 23.8. The topological polar surface area (TPSA) is 84.5 Å². The molecule has 0 fully saturated rings. The van der Waals surface area contributed by atoms with Crippen molar-refractivity contribution in [2.75, 3.05) is 31.2 Å². The molecule has 0 saturated heterocycles. The zero-order chi connectivity index (χ0) is 19.1. The Kier molecular flexibility index (Phi) is 13.3. The minimum absolute atomic E-state index is 0.0151. The summed E-state index contributed by atoms with van der Waals surface area (Å²) in [7, 11) is 0. The lowest BCUT2D eigenvalue weighted by atomic mass is 9.92. The smallest absolute Gasteiger partial charge is 0.305 e. The Morgan fingerprint density at radius 3 is 2.24 bits per heavy atom. The van der Waals surface area contributed by atoms with E-state index < -0.39 is 0 Å². The van der Waals surface area contributed by atoms with Gasteiger partial charge in [0.1, 0.15) is 0 Å². The minimum atomic E-state index is -0.130. The van der Waals surface area contributed by atoms with Gasteiger partial charge in [0.25, 0.3) is 0 Å². The van der Waals surface area contributed by atoms with E-state index >= 15 is 0 Å². The van der Waals surface area contributed by atoms with Crippen LogP contribution < -0.4 is 10.6 Å². The van der Waals surface area contributed by atoms with Gasteiger partial charge in [-0.1, -0.05) is 20.8 Å². The van der Waals surface area contributed by atoms with Crippen LogP contribution in [0.2, 0.25) is 0 Å². The number of hydrogen-bond donors (Lipinski definition) is 2. The van der Waals surface area contributed by atoms with Crippen molar-refractivity contribution in [2.24, 2.45) is 5.41 Å². The molecule has 0 aliphatic carbocycles. The first-order valence-electron chi connectivity index (χ1n) is 9.01. The molecule has 25 heavy (non-hydrogen) atoms. The van der Waals surface area contributed by atoms with Gasteiger partial charge in [-0.15, -0.1) is 0 Å². The molecular formula is C18H34N2O4S. The summed E-state index contributed by atoms with van der Waals surface area (Å²) in [6, 6.07) is 0. The van der Waals surface area contributed by atoms with Crippen LogP contribution in [-0.2, 0) is 19.1 Å². The molecule has 0 aromatic heterocycles. The monoisotopic (exact) mass is 374 g/mol. The predicted octanol–water partition coefficient (Wildman–Crippen LogP) is 2.51. The van der Waals surface area contributed by atoms with Gasteiger partial charge >= 0.3 is 5.97 Å². The molecule has 0 heterocycles. The molecule has 0 saturated carbocycles. The predicted molar refractivity (Wildman–Crippen MR) is 103 cm³/mol. The van der Waals surface area contributed by atoms with Crippen molar-refractivity contribution in [1.82, 2.24) is 10.6 Å². The lowest BCUT2D eigenvalue weighted by molar-refractivity contribution is -0.143. The fourth-order valence-corrected chi connectivity index (χ4v) is 2.88. The summed E-state index contributed by atoms with van der Waals surface area (Å²) < 4.78 is 4.86. The van der Waals surface area contributed by atoms with E-state index in [0.29, 0.717) is 39.0 Å². The summed E-state index contributed by atoms with van der Waals surface area (Å²) in [5.74, 6) is 1.63. The fraction of sp³-hybridized carbons (Fsp3) is 0.833. The normalized spacial score (nSPS) is 11.0. The maximum absolute atomic E-state index is 11.7. The second kappa shape index (κ2) is 14.0. The van der Waals surface area contributed by atoms with Gasteiger partial charge in [-0.05, 0) is 30.9 Å². The fourth-order valence-electron chi connectivity index (χ4n) is 2.02. The van der Waals surface area contributed by atoms with Gasteiger partial charge < -0.3 is 15.4 Å². The van der Waals surface area contributed by atoms with Crippen molar-refractivity contribution in [3.8, 4) is 0 Å². The average molecular weight is 375 g/mol. The number of hydrogen-bond acceptors (Lipinski definition) is 5. The molecule has 0 aliphatic heterocycles. The third-order valence-corrected chi connectivity index (χ3v) is 4.23. The number of ether oxygens (including phenoxy) is 1. The Labute approximate surface area is 156 Å². The van der Waals surface area contributed by atoms with Gasteiger partial charge in [-0.2, -0.15) is 11.8 Å². The Balaban J connectivity index is 3.44. The molecule has 2 amide bonds. The van der Waals surface area contributed by atoms with E-state index in [1.165, 1.54) is 0 Å². The highest BCUT2D eigenvalue weighted by Crippen LogP contribution is 2.17. The number of nitrogens with one attached hydrogen (secondary N) is 2. The molecule has 0 unspecified atom stereocenters. The van der Waals surface area contributed by atoms with Crippen LogP contribution in [-0.4, -0.2) is 49.0 Å². The van der Waals surface area contributed by atoms with Crippen molar-refractivity contribution >= 4 is 29.5 Å². The van der Waals surface area contributed by atoms with E-state index in [2.05, 4.69) is 10.6 Å². The van der Waals surface area contributed by atoms with Crippen LogP contribution in [0, 0.1) is 5.41 Å². The van der Waals surface area contributed by atoms with E-state index in [1.54, 1.807) is 11.8 Å². The molecule has 0 bridgehead atoms.